The summed E-state index contributed by atoms with van der Waals surface area (Å²) in [5.41, 5.74) is 0.543. The Morgan fingerprint density at radius 3 is 2.45 bits per heavy atom. The van der Waals surface area contributed by atoms with Crippen molar-refractivity contribution >= 4 is 17.6 Å². The summed E-state index contributed by atoms with van der Waals surface area (Å²) < 4.78 is 1.71. The smallest absolute Gasteiger partial charge is 0.312 e. The molecule has 0 saturated carbocycles. The van der Waals surface area contributed by atoms with Crippen LogP contribution in [0.3, 0.4) is 0 Å². The van der Waals surface area contributed by atoms with Crippen molar-refractivity contribution in [2.75, 3.05) is 26.2 Å². The first-order valence-electron chi connectivity index (χ1n) is 6.77. The zero-order valence-corrected chi connectivity index (χ0v) is 11.8. The van der Waals surface area contributed by atoms with Crippen LogP contribution < -0.4 is 0 Å². The monoisotopic (exact) mass is 277 g/mol. The minimum atomic E-state index is -0.577. The Morgan fingerprint density at radius 2 is 1.85 bits per heavy atom. The van der Waals surface area contributed by atoms with Gasteiger partial charge in [0, 0.05) is 32.9 Å². The molecule has 1 aromatic rings. The van der Waals surface area contributed by atoms with Gasteiger partial charge in [0.2, 0.25) is 0 Å². The van der Waals surface area contributed by atoms with Crippen LogP contribution >= 0.6 is 0 Å². The van der Waals surface area contributed by atoms with Gasteiger partial charge in [-0.15, -0.1) is 0 Å². The lowest BCUT2D eigenvalue weighted by Gasteiger charge is -2.33. The molecule has 0 aromatic carbocycles. The van der Waals surface area contributed by atoms with Crippen LogP contribution in [0.15, 0.2) is 18.3 Å². The fourth-order valence-corrected chi connectivity index (χ4v) is 2.35. The zero-order valence-electron chi connectivity index (χ0n) is 11.8. The van der Waals surface area contributed by atoms with Crippen molar-refractivity contribution in [1.29, 1.82) is 0 Å². The van der Waals surface area contributed by atoms with E-state index in [1.165, 1.54) is 4.90 Å². The fraction of sp³-hybridized carbons (Fsp3) is 0.500. The van der Waals surface area contributed by atoms with Crippen molar-refractivity contribution in [2.24, 2.45) is 7.05 Å². The molecule has 20 heavy (non-hydrogen) atoms. The van der Waals surface area contributed by atoms with Crippen molar-refractivity contribution in [2.45, 2.75) is 13.3 Å². The first-order chi connectivity index (χ1) is 9.54. The van der Waals surface area contributed by atoms with Crippen molar-refractivity contribution in [3.63, 3.8) is 0 Å². The van der Waals surface area contributed by atoms with Crippen LogP contribution in [0.5, 0.6) is 0 Å². The summed E-state index contributed by atoms with van der Waals surface area (Å²) in [5.74, 6) is -1.23. The first kappa shape index (κ1) is 14.3. The molecule has 0 radical (unpaired) electrons. The number of aryl methyl sites for hydroxylation is 1. The van der Waals surface area contributed by atoms with Crippen LogP contribution in [-0.2, 0) is 16.6 Å². The third-order valence-corrected chi connectivity index (χ3v) is 3.45. The number of hydrogen-bond donors (Lipinski definition) is 0. The molecule has 0 unspecified atom stereocenters. The molecule has 0 aliphatic carbocycles. The first-order valence-corrected chi connectivity index (χ1v) is 6.77. The summed E-state index contributed by atoms with van der Waals surface area (Å²) in [5, 5.41) is 0. The number of carbonyl (C=O) groups excluding carboxylic acids is 3. The van der Waals surface area contributed by atoms with Gasteiger partial charge in [-0.05, 0) is 18.6 Å². The third kappa shape index (κ3) is 2.74. The summed E-state index contributed by atoms with van der Waals surface area (Å²) in [7, 11) is 1.78. The highest BCUT2D eigenvalue weighted by atomic mass is 16.2. The van der Waals surface area contributed by atoms with Gasteiger partial charge in [0.1, 0.15) is 0 Å². The van der Waals surface area contributed by atoms with Gasteiger partial charge in [0.15, 0.2) is 5.78 Å². The van der Waals surface area contributed by atoms with E-state index >= 15 is 0 Å². The molecule has 1 aromatic heterocycles. The standard InChI is InChI=1S/C14H19N3O3/c1-3-6-16-8-9-17(14(20)13(16)19)10-12(18)11-5-4-7-15(11)2/h4-5,7H,3,6,8-10H2,1-2H3. The lowest BCUT2D eigenvalue weighted by molar-refractivity contribution is -0.155. The van der Waals surface area contributed by atoms with E-state index in [0.29, 0.717) is 25.3 Å². The molecule has 0 bridgehead atoms. The average molecular weight is 277 g/mol. The van der Waals surface area contributed by atoms with Crippen molar-refractivity contribution < 1.29 is 14.4 Å². The summed E-state index contributed by atoms with van der Waals surface area (Å²) in [6.07, 6.45) is 2.60. The quantitative estimate of drug-likeness (QED) is 0.574. The van der Waals surface area contributed by atoms with Gasteiger partial charge in [-0.25, -0.2) is 0 Å². The Kier molecular flexibility index (Phi) is 4.22. The predicted octanol–water partition coefficient (Wildman–Crippen LogP) is 0.289. The maximum Gasteiger partial charge on any atom is 0.312 e. The molecule has 108 valence electrons. The fourth-order valence-electron chi connectivity index (χ4n) is 2.35. The molecule has 1 saturated heterocycles. The van der Waals surface area contributed by atoms with Gasteiger partial charge in [0.05, 0.1) is 12.2 Å². The van der Waals surface area contributed by atoms with Crippen LogP contribution in [0.4, 0.5) is 0 Å². The van der Waals surface area contributed by atoms with Gasteiger partial charge in [-0.3, -0.25) is 14.4 Å². The number of Topliss-reactive ketones (excluding diaryl/α,β-unsaturated/α-hetero) is 1. The van der Waals surface area contributed by atoms with Crippen LogP contribution in [0.2, 0.25) is 0 Å². The Balaban J connectivity index is 2.01. The Bertz CT molecular complexity index is 536. The van der Waals surface area contributed by atoms with Gasteiger partial charge in [-0.1, -0.05) is 6.92 Å². The van der Waals surface area contributed by atoms with Crippen molar-refractivity contribution in [3.8, 4) is 0 Å². The van der Waals surface area contributed by atoms with Gasteiger partial charge in [-0.2, -0.15) is 0 Å². The van der Waals surface area contributed by atoms with E-state index in [9.17, 15) is 14.4 Å². The molecular weight excluding hydrogens is 258 g/mol. The highest BCUT2D eigenvalue weighted by Crippen LogP contribution is 2.08. The maximum atomic E-state index is 12.1. The number of hydrogen-bond acceptors (Lipinski definition) is 3. The summed E-state index contributed by atoms with van der Waals surface area (Å²) in [6, 6.07) is 3.49. The number of nitrogens with zero attached hydrogens (tertiary/aromatic N) is 3. The highest BCUT2D eigenvalue weighted by molar-refractivity contribution is 6.35. The van der Waals surface area contributed by atoms with Crippen LogP contribution in [-0.4, -0.2) is 58.1 Å². The molecule has 2 amide bonds. The van der Waals surface area contributed by atoms with E-state index in [-0.39, 0.29) is 12.3 Å². The van der Waals surface area contributed by atoms with Crippen LogP contribution in [0, 0.1) is 0 Å². The molecule has 6 nitrogen and oxygen atoms in total. The number of piperazine rings is 1. The van der Waals surface area contributed by atoms with Crippen molar-refractivity contribution in [1.82, 2.24) is 14.4 Å². The van der Waals surface area contributed by atoms with E-state index in [1.54, 1.807) is 34.8 Å². The van der Waals surface area contributed by atoms with E-state index in [0.717, 1.165) is 6.42 Å². The minimum Gasteiger partial charge on any atom is -0.348 e. The molecule has 1 aliphatic rings. The number of rotatable bonds is 5. The molecule has 0 N–H and O–H groups in total. The minimum absolute atomic E-state index is 0.0393. The molecule has 0 atom stereocenters. The maximum absolute atomic E-state index is 12.1. The number of carbonyl (C=O) groups is 3. The number of aromatic nitrogens is 1. The van der Waals surface area contributed by atoms with Gasteiger partial charge < -0.3 is 14.4 Å². The summed E-state index contributed by atoms with van der Waals surface area (Å²) in [6.45, 7) is 3.43. The summed E-state index contributed by atoms with van der Waals surface area (Å²) >= 11 is 0. The summed E-state index contributed by atoms with van der Waals surface area (Å²) in [4.78, 5) is 38.9. The molecule has 1 aliphatic heterocycles. The van der Waals surface area contributed by atoms with E-state index in [4.69, 9.17) is 0 Å². The Morgan fingerprint density at radius 1 is 1.20 bits per heavy atom. The average Bonchev–Trinajstić information content (AvgIpc) is 2.85. The van der Waals surface area contributed by atoms with Crippen molar-refractivity contribution in [3.05, 3.63) is 24.0 Å². The molecule has 1 fully saturated rings. The lowest BCUT2D eigenvalue weighted by atomic mass is 10.2. The predicted molar refractivity (Wildman–Crippen MR) is 73.2 cm³/mol. The second kappa shape index (κ2) is 5.90. The number of amides is 2. The molecule has 2 rings (SSSR count). The Labute approximate surface area is 117 Å². The molecule has 2 heterocycles. The second-order valence-corrected chi connectivity index (χ2v) is 4.95. The second-order valence-electron chi connectivity index (χ2n) is 4.95. The van der Waals surface area contributed by atoms with Gasteiger partial charge in [0.25, 0.3) is 0 Å². The topological polar surface area (TPSA) is 62.6 Å². The van der Waals surface area contributed by atoms with E-state index in [2.05, 4.69) is 0 Å². The third-order valence-electron chi connectivity index (χ3n) is 3.45. The van der Waals surface area contributed by atoms with Crippen LogP contribution in [0.25, 0.3) is 0 Å². The largest absolute Gasteiger partial charge is 0.348 e. The van der Waals surface area contributed by atoms with Crippen LogP contribution in [0.1, 0.15) is 23.8 Å². The number of ketones is 1. The molecular formula is C14H19N3O3. The lowest BCUT2D eigenvalue weighted by Crippen LogP contribution is -2.55. The van der Waals surface area contributed by atoms with Gasteiger partial charge >= 0.3 is 11.8 Å². The highest BCUT2D eigenvalue weighted by Gasteiger charge is 2.33. The Hall–Kier alpha value is -2.11. The zero-order chi connectivity index (χ0) is 14.7. The van der Waals surface area contributed by atoms with E-state index < -0.39 is 11.8 Å². The molecule has 0 spiro atoms. The normalized spacial score (nSPS) is 15.9. The van der Waals surface area contributed by atoms with E-state index in [1.807, 2.05) is 6.92 Å². The SMILES string of the molecule is CCCN1CCN(CC(=O)c2cccn2C)C(=O)C1=O. The molecule has 6 heteroatoms.